The van der Waals surface area contributed by atoms with E-state index in [1.807, 2.05) is 30.2 Å². The largest absolute Gasteiger partial charge is 0.336 e. The van der Waals surface area contributed by atoms with Crippen LogP contribution in [0.4, 0.5) is 0 Å². The Morgan fingerprint density at radius 2 is 2.23 bits per heavy atom. The Balaban J connectivity index is 1.77. The Kier molecular flexibility index (Phi) is 4.20. The molecule has 1 saturated heterocycles. The quantitative estimate of drug-likeness (QED) is 0.817. The fraction of sp³-hybridized carbons (Fsp3) is 0.438. The summed E-state index contributed by atoms with van der Waals surface area (Å²) < 4.78 is 2.06. The van der Waals surface area contributed by atoms with Gasteiger partial charge in [-0.15, -0.1) is 11.8 Å². The molecule has 2 aromatic heterocycles. The highest BCUT2D eigenvalue weighted by molar-refractivity contribution is 7.98. The Hall–Kier alpha value is -1.82. The fourth-order valence-corrected chi connectivity index (χ4v) is 3.57. The predicted molar refractivity (Wildman–Crippen MR) is 87.3 cm³/mol. The monoisotopic (exact) mass is 316 g/mol. The van der Waals surface area contributed by atoms with Crippen LogP contribution in [0.1, 0.15) is 34.2 Å². The molecule has 116 valence electrons. The number of aromatic nitrogens is 3. The summed E-state index contributed by atoms with van der Waals surface area (Å²) in [6.07, 6.45) is 4.62. The van der Waals surface area contributed by atoms with E-state index in [0.717, 1.165) is 29.4 Å². The Bertz CT molecular complexity index is 697. The molecule has 6 heteroatoms. The first-order chi connectivity index (χ1) is 10.6. The maximum Gasteiger partial charge on any atom is 0.256 e. The highest BCUT2D eigenvalue weighted by atomic mass is 32.2. The number of amides is 1. The minimum Gasteiger partial charge on any atom is -0.336 e. The standard InChI is InChI=1S/C16H20N4OS/c1-11-9-12(2)20(18-11)13-6-8-19(10-13)16(21)14-5-4-7-17-15(14)22-3/h4-5,7,9,13H,6,8,10H2,1-3H3/t13-/m1/s1. The topological polar surface area (TPSA) is 51.0 Å². The summed E-state index contributed by atoms with van der Waals surface area (Å²) in [5.74, 6) is 0.0708. The number of carbonyl (C=O) groups excluding carboxylic acids is 1. The lowest BCUT2D eigenvalue weighted by molar-refractivity contribution is 0.0782. The van der Waals surface area contributed by atoms with Gasteiger partial charge in [0.2, 0.25) is 0 Å². The lowest BCUT2D eigenvalue weighted by atomic mass is 10.2. The minimum atomic E-state index is 0.0708. The summed E-state index contributed by atoms with van der Waals surface area (Å²) in [5, 5.41) is 5.35. The zero-order valence-electron chi connectivity index (χ0n) is 13.1. The number of hydrogen-bond donors (Lipinski definition) is 0. The molecule has 0 bridgehead atoms. The molecule has 22 heavy (non-hydrogen) atoms. The van der Waals surface area contributed by atoms with Crippen LogP contribution in [0.2, 0.25) is 0 Å². The van der Waals surface area contributed by atoms with E-state index in [0.29, 0.717) is 12.1 Å². The van der Waals surface area contributed by atoms with Crippen LogP contribution >= 0.6 is 11.8 Å². The second kappa shape index (κ2) is 6.12. The molecule has 1 amide bonds. The van der Waals surface area contributed by atoms with Gasteiger partial charge in [-0.05, 0) is 44.7 Å². The number of hydrogen-bond acceptors (Lipinski definition) is 4. The van der Waals surface area contributed by atoms with E-state index in [2.05, 4.69) is 27.8 Å². The van der Waals surface area contributed by atoms with Crippen LogP contribution < -0.4 is 0 Å². The lowest BCUT2D eigenvalue weighted by Crippen LogP contribution is -2.30. The van der Waals surface area contributed by atoms with E-state index in [9.17, 15) is 4.79 Å². The molecule has 5 nitrogen and oxygen atoms in total. The van der Waals surface area contributed by atoms with Gasteiger partial charge in [-0.3, -0.25) is 9.48 Å². The van der Waals surface area contributed by atoms with Crippen LogP contribution in [0.15, 0.2) is 29.4 Å². The van der Waals surface area contributed by atoms with Gasteiger partial charge < -0.3 is 4.90 Å². The van der Waals surface area contributed by atoms with Crippen molar-refractivity contribution in [1.82, 2.24) is 19.7 Å². The summed E-state index contributed by atoms with van der Waals surface area (Å²) in [7, 11) is 0. The van der Waals surface area contributed by atoms with Gasteiger partial charge in [-0.2, -0.15) is 5.10 Å². The number of aryl methyl sites for hydroxylation is 2. The van der Waals surface area contributed by atoms with Crippen LogP contribution in [0, 0.1) is 13.8 Å². The van der Waals surface area contributed by atoms with Crippen molar-refractivity contribution in [2.75, 3.05) is 19.3 Å². The third-order valence-electron chi connectivity index (χ3n) is 4.04. The van der Waals surface area contributed by atoms with Crippen molar-refractivity contribution in [2.24, 2.45) is 0 Å². The molecule has 0 aromatic carbocycles. The molecule has 1 aliphatic rings. The van der Waals surface area contributed by atoms with Gasteiger partial charge in [0, 0.05) is 25.0 Å². The molecule has 0 N–H and O–H groups in total. The van der Waals surface area contributed by atoms with E-state index in [4.69, 9.17) is 0 Å². The molecule has 0 saturated carbocycles. The summed E-state index contributed by atoms with van der Waals surface area (Å²) in [5.41, 5.74) is 2.88. The first-order valence-corrected chi connectivity index (χ1v) is 8.63. The number of nitrogens with zero attached hydrogens (tertiary/aromatic N) is 4. The third-order valence-corrected chi connectivity index (χ3v) is 4.75. The van der Waals surface area contributed by atoms with Crippen LogP contribution in [0.3, 0.4) is 0 Å². The Morgan fingerprint density at radius 3 is 2.91 bits per heavy atom. The molecule has 0 unspecified atom stereocenters. The van der Waals surface area contributed by atoms with Crippen LogP contribution in [-0.4, -0.2) is 44.9 Å². The van der Waals surface area contributed by atoms with E-state index in [1.165, 1.54) is 11.8 Å². The smallest absolute Gasteiger partial charge is 0.256 e. The van der Waals surface area contributed by atoms with Crippen molar-refractivity contribution in [2.45, 2.75) is 31.3 Å². The van der Waals surface area contributed by atoms with Gasteiger partial charge >= 0.3 is 0 Å². The zero-order valence-corrected chi connectivity index (χ0v) is 13.9. The van der Waals surface area contributed by atoms with Crippen LogP contribution in [0.25, 0.3) is 0 Å². The molecular formula is C16H20N4OS. The van der Waals surface area contributed by atoms with Crippen molar-refractivity contribution in [1.29, 1.82) is 0 Å². The molecule has 3 heterocycles. The van der Waals surface area contributed by atoms with Crippen molar-refractivity contribution in [3.63, 3.8) is 0 Å². The van der Waals surface area contributed by atoms with E-state index < -0.39 is 0 Å². The highest BCUT2D eigenvalue weighted by Gasteiger charge is 2.30. The molecule has 1 aliphatic heterocycles. The van der Waals surface area contributed by atoms with Crippen LogP contribution in [-0.2, 0) is 0 Å². The highest BCUT2D eigenvalue weighted by Crippen LogP contribution is 2.26. The molecule has 1 fully saturated rings. The molecule has 0 spiro atoms. The Morgan fingerprint density at radius 1 is 1.41 bits per heavy atom. The number of likely N-dealkylation sites (tertiary alicyclic amines) is 1. The normalized spacial score (nSPS) is 18.0. The summed E-state index contributed by atoms with van der Waals surface area (Å²) in [6.45, 7) is 5.55. The van der Waals surface area contributed by atoms with Gasteiger partial charge in [-0.25, -0.2) is 4.98 Å². The van der Waals surface area contributed by atoms with Crippen LogP contribution in [0.5, 0.6) is 0 Å². The Labute approximate surface area is 134 Å². The second-order valence-corrected chi connectivity index (χ2v) is 6.42. The summed E-state index contributed by atoms with van der Waals surface area (Å²) >= 11 is 1.51. The molecule has 1 atom stereocenters. The van der Waals surface area contributed by atoms with Gasteiger partial charge in [-0.1, -0.05) is 0 Å². The van der Waals surface area contributed by atoms with Gasteiger partial charge in [0.05, 0.1) is 17.3 Å². The first-order valence-electron chi connectivity index (χ1n) is 7.41. The number of thioether (sulfide) groups is 1. The van der Waals surface area contributed by atoms with Crippen molar-refractivity contribution in [3.05, 3.63) is 41.3 Å². The minimum absolute atomic E-state index is 0.0708. The molecule has 3 rings (SSSR count). The number of carbonyl (C=O) groups is 1. The van der Waals surface area contributed by atoms with Gasteiger partial charge in [0.1, 0.15) is 5.03 Å². The summed E-state index contributed by atoms with van der Waals surface area (Å²) in [6, 6.07) is 6.03. The maximum atomic E-state index is 12.7. The molecule has 2 aromatic rings. The number of rotatable bonds is 3. The third kappa shape index (κ3) is 2.75. The van der Waals surface area contributed by atoms with E-state index >= 15 is 0 Å². The average Bonchev–Trinajstić information content (AvgIpc) is 3.12. The fourth-order valence-electron chi connectivity index (χ4n) is 3.03. The average molecular weight is 316 g/mol. The second-order valence-electron chi connectivity index (χ2n) is 5.63. The van der Waals surface area contributed by atoms with Crippen molar-refractivity contribution in [3.8, 4) is 0 Å². The lowest BCUT2D eigenvalue weighted by Gasteiger charge is -2.18. The predicted octanol–water partition coefficient (Wildman–Crippen LogP) is 2.70. The van der Waals surface area contributed by atoms with Gasteiger partial charge in [0.15, 0.2) is 0 Å². The zero-order chi connectivity index (χ0) is 15.7. The molecule has 0 aliphatic carbocycles. The maximum absolute atomic E-state index is 12.7. The SMILES string of the molecule is CSc1ncccc1C(=O)N1CC[C@@H](n2nc(C)cc2C)C1. The van der Waals surface area contributed by atoms with E-state index in [1.54, 1.807) is 6.20 Å². The summed E-state index contributed by atoms with van der Waals surface area (Å²) in [4.78, 5) is 18.9. The first kappa shape index (κ1) is 15.1. The number of pyridine rings is 1. The van der Waals surface area contributed by atoms with Crippen molar-refractivity contribution < 1.29 is 4.79 Å². The van der Waals surface area contributed by atoms with Gasteiger partial charge in [0.25, 0.3) is 5.91 Å². The van der Waals surface area contributed by atoms with E-state index in [-0.39, 0.29) is 11.9 Å². The van der Waals surface area contributed by atoms with Crippen molar-refractivity contribution >= 4 is 17.7 Å². The molecular weight excluding hydrogens is 296 g/mol. The molecule has 0 radical (unpaired) electrons.